The van der Waals surface area contributed by atoms with Crippen molar-refractivity contribution >= 4 is 69.2 Å². The number of nitrogens with one attached hydrogen (secondary N) is 4. The molecule has 200 valence electrons. The number of halogens is 3. The fourth-order valence-electron chi connectivity index (χ4n) is 4.34. The number of fused-ring (bicyclic) bond motifs is 1. The Morgan fingerprint density at radius 3 is 2.32 bits per heavy atom. The summed E-state index contributed by atoms with van der Waals surface area (Å²) in [6.07, 6.45) is 5.44. The fraction of sp³-hybridized carbons (Fsp3) is 0.458. The van der Waals surface area contributed by atoms with Gasteiger partial charge in [0.1, 0.15) is 17.6 Å². The highest BCUT2D eigenvalue weighted by atomic mass is 35.6. The SMILES string of the molecule is COc1cc(Nc2nc(NC(NC(=O)C3CCCCC3)C(Cl)(Cl)Cl)nc3[nH]ccc23)cc(OC)c1OC. The molecule has 0 saturated heterocycles. The van der Waals surface area contributed by atoms with E-state index in [1.807, 2.05) is 6.07 Å². The van der Waals surface area contributed by atoms with E-state index >= 15 is 0 Å². The van der Waals surface area contributed by atoms with Crippen LogP contribution in [-0.4, -0.2) is 52.1 Å². The first-order chi connectivity index (χ1) is 17.7. The Bertz CT molecular complexity index is 1220. The van der Waals surface area contributed by atoms with Gasteiger partial charge in [-0.1, -0.05) is 54.1 Å². The maximum Gasteiger partial charge on any atom is 0.228 e. The molecule has 1 aliphatic rings. The molecule has 0 spiro atoms. The van der Waals surface area contributed by atoms with Crippen LogP contribution in [0.1, 0.15) is 32.1 Å². The van der Waals surface area contributed by atoms with Crippen LogP contribution < -0.4 is 30.2 Å². The molecule has 4 N–H and O–H groups in total. The molecule has 1 aliphatic carbocycles. The molecular formula is C24H29Cl3N6O4. The topological polar surface area (TPSA) is 122 Å². The number of alkyl halides is 3. The van der Waals surface area contributed by atoms with Gasteiger partial charge >= 0.3 is 0 Å². The quantitative estimate of drug-likeness (QED) is 0.195. The number of ether oxygens (including phenoxy) is 3. The number of hydrogen-bond donors (Lipinski definition) is 4. The second kappa shape index (κ2) is 11.7. The van der Waals surface area contributed by atoms with Crippen LogP contribution in [0.2, 0.25) is 0 Å². The van der Waals surface area contributed by atoms with Crippen molar-refractivity contribution < 1.29 is 19.0 Å². The number of anilines is 3. The minimum atomic E-state index is -1.86. The van der Waals surface area contributed by atoms with Gasteiger partial charge < -0.3 is 35.1 Å². The predicted molar refractivity (Wildman–Crippen MR) is 146 cm³/mol. The first kappa shape index (κ1) is 27.2. The second-order valence-corrected chi connectivity index (χ2v) is 11.0. The largest absolute Gasteiger partial charge is 0.493 e. The van der Waals surface area contributed by atoms with Crippen molar-refractivity contribution in [1.82, 2.24) is 20.3 Å². The maximum absolute atomic E-state index is 12.9. The molecule has 2 heterocycles. The van der Waals surface area contributed by atoms with Crippen LogP contribution in [0, 0.1) is 5.92 Å². The lowest BCUT2D eigenvalue weighted by Crippen LogP contribution is -2.51. The zero-order chi connectivity index (χ0) is 26.6. The summed E-state index contributed by atoms with van der Waals surface area (Å²) in [5.74, 6) is 1.74. The number of hydrogen-bond acceptors (Lipinski definition) is 8. The van der Waals surface area contributed by atoms with Gasteiger partial charge in [-0.05, 0) is 18.9 Å². The van der Waals surface area contributed by atoms with Crippen molar-refractivity contribution in [2.75, 3.05) is 32.0 Å². The predicted octanol–water partition coefficient (Wildman–Crippen LogP) is 5.53. The van der Waals surface area contributed by atoms with E-state index in [2.05, 4.69) is 30.9 Å². The second-order valence-electron chi connectivity index (χ2n) is 8.64. The maximum atomic E-state index is 12.9. The van der Waals surface area contributed by atoms with E-state index in [1.165, 1.54) is 21.3 Å². The molecule has 37 heavy (non-hydrogen) atoms. The Hall–Kier alpha value is -2.82. The summed E-state index contributed by atoms with van der Waals surface area (Å²) in [6, 6.07) is 5.34. The highest BCUT2D eigenvalue weighted by Crippen LogP contribution is 2.41. The summed E-state index contributed by atoms with van der Waals surface area (Å²) in [5.41, 5.74) is 1.17. The molecule has 2 aromatic heterocycles. The van der Waals surface area contributed by atoms with Gasteiger partial charge in [0.25, 0.3) is 0 Å². The van der Waals surface area contributed by atoms with Crippen molar-refractivity contribution in [3.63, 3.8) is 0 Å². The molecule has 1 aromatic carbocycles. The molecule has 1 amide bonds. The van der Waals surface area contributed by atoms with Gasteiger partial charge in [-0.3, -0.25) is 4.79 Å². The van der Waals surface area contributed by atoms with Crippen molar-refractivity contribution in [2.45, 2.75) is 42.1 Å². The zero-order valence-corrected chi connectivity index (χ0v) is 22.9. The van der Waals surface area contributed by atoms with Crippen molar-refractivity contribution in [2.24, 2.45) is 5.92 Å². The summed E-state index contributed by atoms with van der Waals surface area (Å²) >= 11 is 18.7. The van der Waals surface area contributed by atoms with E-state index in [1.54, 1.807) is 18.3 Å². The monoisotopic (exact) mass is 570 g/mol. The van der Waals surface area contributed by atoms with Crippen LogP contribution in [0.5, 0.6) is 17.2 Å². The Morgan fingerprint density at radius 1 is 1.05 bits per heavy atom. The number of methoxy groups -OCH3 is 3. The number of aromatic amines is 1. The van der Waals surface area contributed by atoms with Gasteiger partial charge in [-0.2, -0.15) is 9.97 Å². The highest BCUT2D eigenvalue weighted by Gasteiger charge is 2.36. The van der Waals surface area contributed by atoms with Crippen LogP contribution in [0.15, 0.2) is 24.4 Å². The number of nitrogens with zero attached hydrogens (tertiary/aromatic N) is 2. The Labute approximate surface area is 229 Å². The molecule has 1 unspecified atom stereocenters. The van der Waals surface area contributed by atoms with Crippen molar-refractivity contribution in [3.05, 3.63) is 24.4 Å². The van der Waals surface area contributed by atoms with Crippen molar-refractivity contribution in [3.8, 4) is 17.2 Å². The molecule has 0 bridgehead atoms. The molecule has 13 heteroatoms. The Morgan fingerprint density at radius 2 is 1.73 bits per heavy atom. The lowest BCUT2D eigenvalue weighted by molar-refractivity contribution is -0.126. The number of carbonyl (C=O) groups excluding carboxylic acids is 1. The standard InChI is InChI=1S/C24H29Cl3N6O4/c1-35-16-11-14(12-17(36-2)18(16)37-3)29-20-15-9-10-28-19(15)30-23(31-20)33-22(24(25,26)27)32-21(34)13-7-5-4-6-8-13/h9-13,22H,4-8H2,1-3H3,(H,32,34)(H3,28,29,30,31,33). The third kappa shape index (κ3) is 6.37. The van der Waals surface area contributed by atoms with E-state index in [0.717, 1.165) is 37.5 Å². The number of aromatic nitrogens is 3. The van der Waals surface area contributed by atoms with Crippen LogP contribution in [0.25, 0.3) is 11.0 Å². The molecular weight excluding hydrogens is 543 g/mol. The van der Waals surface area contributed by atoms with Gasteiger partial charge in [0, 0.05) is 29.9 Å². The Kier molecular flexibility index (Phi) is 8.61. The summed E-state index contributed by atoms with van der Waals surface area (Å²) in [6.45, 7) is 0. The van der Waals surface area contributed by atoms with Crippen LogP contribution in [0.4, 0.5) is 17.5 Å². The van der Waals surface area contributed by atoms with Gasteiger partial charge in [0.15, 0.2) is 11.5 Å². The summed E-state index contributed by atoms with van der Waals surface area (Å²) in [5, 5.41) is 9.79. The third-order valence-electron chi connectivity index (χ3n) is 6.21. The molecule has 10 nitrogen and oxygen atoms in total. The normalized spacial score (nSPS) is 15.2. The van der Waals surface area contributed by atoms with E-state index in [4.69, 9.17) is 49.0 Å². The molecule has 0 aliphatic heterocycles. The lowest BCUT2D eigenvalue weighted by atomic mass is 9.88. The molecule has 1 saturated carbocycles. The molecule has 1 atom stereocenters. The lowest BCUT2D eigenvalue weighted by Gasteiger charge is -2.29. The summed E-state index contributed by atoms with van der Waals surface area (Å²) < 4.78 is 14.4. The van der Waals surface area contributed by atoms with E-state index in [0.29, 0.717) is 34.4 Å². The van der Waals surface area contributed by atoms with Crippen LogP contribution in [0.3, 0.4) is 0 Å². The number of carbonyl (C=O) groups is 1. The third-order valence-corrected chi connectivity index (χ3v) is 6.86. The van der Waals surface area contributed by atoms with Gasteiger partial charge in [0.2, 0.25) is 21.4 Å². The van der Waals surface area contributed by atoms with Crippen LogP contribution in [-0.2, 0) is 4.79 Å². The van der Waals surface area contributed by atoms with Gasteiger partial charge in [-0.15, -0.1) is 0 Å². The van der Waals surface area contributed by atoms with Crippen LogP contribution >= 0.6 is 34.8 Å². The average Bonchev–Trinajstić information content (AvgIpc) is 3.36. The minimum absolute atomic E-state index is 0.116. The highest BCUT2D eigenvalue weighted by molar-refractivity contribution is 6.68. The molecule has 3 aromatic rings. The number of benzene rings is 1. The first-order valence-corrected chi connectivity index (χ1v) is 12.9. The Balaban J connectivity index is 1.63. The molecule has 1 fully saturated rings. The smallest absolute Gasteiger partial charge is 0.228 e. The summed E-state index contributed by atoms with van der Waals surface area (Å²) in [4.78, 5) is 25.0. The average molecular weight is 572 g/mol. The molecule has 0 radical (unpaired) electrons. The zero-order valence-electron chi connectivity index (χ0n) is 20.7. The van der Waals surface area contributed by atoms with E-state index in [9.17, 15) is 4.79 Å². The van der Waals surface area contributed by atoms with E-state index in [-0.39, 0.29) is 17.8 Å². The number of rotatable bonds is 9. The first-order valence-electron chi connectivity index (χ1n) is 11.8. The fourth-order valence-corrected chi connectivity index (χ4v) is 4.67. The number of H-pyrrole nitrogens is 1. The minimum Gasteiger partial charge on any atom is -0.493 e. The molecule has 4 rings (SSSR count). The van der Waals surface area contributed by atoms with Crippen molar-refractivity contribution in [1.29, 1.82) is 0 Å². The van der Waals surface area contributed by atoms with Gasteiger partial charge in [-0.25, -0.2) is 0 Å². The van der Waals surface area contributed by atoms with Gasteiger partial charge in [0.05, 0.1) is 26.7 Å². The number of amides is 1. The summed E-state index contributed by atoms with van der Waals surface area (Å²) in [7, 11) is 4.61. The van der Waals surface area contributed by atoms with E-state index < -0.39 is 9.96 Å².